The number of ether oxygens (including phenoxy) is 1. The standard InChI is InChI=1S/C7H14N2O2/c1-11-7(10)5-4-9-3-2-6(5)8/h5-6,9H,2-4,8H2,1H3/t5-,6-/m1/s1. The molecule has 0 aromatic heterocycles. The molecule has 0 spiro atoms. The van der Waals surface area contributed by atoms with E-state index in [-0.39, 0.29) is 17.9 Å². The third-order valence-electron chi connectivity index (χ3n) is 2.04. The maximum atomic E-state index is 11.0. The lowest BCUT2D eigenvalue weighted by Crippen LogP contribution is -2.48. The van der Waals surface area contributed by atoms with Gasteiger partial charge in [-0.05, 0) is 13.0 Å². The van der Waals surface area contributed by atoms with Crippen molar-refractivity contribution in [3.05, 3.63) is 0 Å². The van der Waals surface area contributed by atoms with Crippen LogP contribution in [-0.4, -0.2) is 32.2 Å². The predicted octanol–water partition coefficient (Wildman–Crippen LogP) is -0.904. The van der Waals surface area contributed by atoms with E-state index in [0.717, 1.165) is 13.0 Å². The Morgan fingerprint density at radius 1 is 1.73 bits per heavy atom. The molecule has 0 aromatic rings. The van der Waals surface area contributed by atoms with Gasteiger partial charge in [-0.3, -0.25) is 4.79 Å². The van der Waals surface area contributed by atoms with Gasteiger partial charge in [0.25, 0.3) is 0 Å². The van der Waals surface area contributed by atoms with E-state index >= 15 is 0 Å². The molecule has 0 radical (unpaired) electrons. The van der Waals surface area contributed by atoms with Crippen molar-refractivity contribution in [1.29, 1.82) is 0 Å². The molecular formula is C7H14N2O2. The Labute approximate surface area is 66.1 Å². The fraction of sp³-hybridized carbons (Fsp3) is 0.857. The zero-order valence-electron chi connectivity index (χ0n) is 6.67. The smallest absolute Gasteiger partial charge is 0.311 e. The van der Waals surface area contributed by atoms with Crippen LogP contribution in [-0.2, 0) is 9.53 Å². The van der Waals surface area contributed by atoms with Crippen LogP contribution in [0, 0.1) is 5.92 Å². The molecule has 0 aliphatic carbocycles. The quantitative estimate of drug-likeness (QED) is 0.485. The molecular weight excluding hydrogens is 144 g/mol. The van der Waals surface area contributed by atoms with Gasteiger partial charge in [0, 0.05) is 12.6 Å². The highest BCUT2D eigenvalue weighted by atomic mass is 16.5. The summed E-state index contributed by atoms with van der Waals surface area (Å²) in [5.74, 6) is -0.363. The normalized spacial score (nSPS) is 31.5. The van der Waals surface area contributed by atoms with Crippen molar-refractivity contribution in [1.82, 2.24) is 5.32 Å². The molecule has 11 heavy (non-hydrogen) atoms. The zero-order valence-corrected chi connectivity index (χ0v) is 6.67. The fourth-order valence-electron chi connectivity index (χ4n) is 1.29. The molecule has 2 atom stereocenters. The molecule has 4 nitrogen and oxygen atoms in total. The molecule has 3 N–H and O–H groups in total. The van der Waals surface area contributed by atoms with Crippen molar-refractivity contribution in [2.24, 2.45) is 11.7 Å². The number of nitrogens with one attached hydrogen (secondary N) is 1. The highest BCUT2D eigenvalue weighted by molar-refractivity contribution is 5.73. The van der Waals surface area contributed by atoms with Gasteiger partial charge >= 0.3 is 5.97 Å². The number of carbonyl (C=O) groups excluding carboxylic acids is 1. The van der Waals surface area contributed by atoms with Crippen LogP contribution < -0.4 is 11.1 Å². The highest BCUT2D eigenvalue weighted by Gasteiger charge is 2.28. The van der Waals surface area contributed by atoms with E-state index in [1.807, 2.05) is 0 Å². The van der Waals surface area contributed by atoms with Gasteiger partial charge in [0.2, 0.25) is 0 Å². The van der Waals surface area contributed by atoms with Gasteiger partial charge in [-0.25, -0.2) is 0 Å². The molecule has 1 saturated heterocycles. The summed E-state index contributed by atoms with van der Waals surface area (Å²) in [5.41, 5.74) is 5.71. The Kier molecular flexibility index (Phi) is 2.84. The van der Waals surface area contributed by atoms with Gasteiger partial charge in [0.15, 0.2) is 0 Å². The van der Waals surface area contributed by atoms with Crippen LogP contribution in [0.25, 0.3) is 0 Å². The van der Waals surface area contributed by atoms with E-state index in [9.17, 15) is 4.79 Å². The maximum Gasteiger partial charge on any atom is 0.311 e. The Bertz CT molecular complexity index is 149. The number of hydrogen-bond donors (Lipinski definition) is 2. The Morgan fingerprint density at radius 3 is 3.00 bits per heavy atom. The van der Waals surface area contributed by atoms with Crippen LogP contribution in [0.15, 0.2) is 0 Å². The minimum atomic E-state index is -0.204. The van der Waals surface area contributed by atoms with Gasteiger partial charge in [0.05, 0.1) is 13.0 Å². The SMILES string of the molecule is COC(=O)[C@@H]1CNCC[C@H]1N. The number of hydrogen-bond acceptors (Lipinski definition) is 4. The predicted molar refractivity (Wildman–Crippen MR) is 41.0 cm³/mol. The minimum absolute atomic E-state index is 0.0382. The molecule has 0 aromatic carbocycles. The van der Waals surface area contributed by atoms with Gasteiger partial charge < -0.3 is 15.8 Å². The molecule has 1 aliphatic rings. The summed E-state index contributed by atoms with van der Waals surface area (Å²) < 4.78 is 4.60. The average molecular weight is 158 g/mol. The summed E-state index contributed by atoms with van der Waals surface area (Å²) in [6.45, 7) is 1.54. The number of carbonyl (C=O) groups is 1. The topological polar surface area (TPSA) is 64.3 Å². The van der Waals surface area contributed by atoms with E-state index in [2.05, 4.69) is 10.1 Å². The van der Waals surface area contributed by atoms with E-state index < -0.39 is 0 Å². The van der Waals surface area contributed by atoms with Crippen molar-refractivity contribution in [2.75, 3.05) is 20.2 Å². The molecule has 1 heterocycles. The second-order valence-electron chi connectivity index (χ2n) is 2.79. The van der Waals surface area contributed by atoms with E-state index in [1.54, 1.807) is 0 Å². The highest BCUT2D eigenvalue weighted by Crippen LogP contribution is 2.09. The molecule has 0 amide bonds. The number of methoxy groups -OCH3 is 1. The summed E-state index contributed by atoms with van der Waals surface area (Å²) in [6.07, 6.45) is 0.847. The van der Waals surface area contributed by atoms with Crippen LogP contribution in [0.4, 0.5) is 0 Å². The summed E-state index contributed by atoms with van der Waals surface area (Å²) in [4.78, 5) is 11.0. The molecule has 0 unspecified atom stereocenters. The first-order chi connectivity index (χ1) is 5.25. The lowest BCUT2D eigenvalue weighted by molar-refractivity contribution is -0.146. The third kappa shape index (κ3) is 1.91. The largest absolute Gasteiger partial charge is 0.469 e. The number of esters is 1. The van der Waals surface area contributed by atoms with Crippen molar-refractivity contribution in [3.63, 3.8) is 0 Å². The second kappa shape index (κ2) is 3.69. The van der Waals surface area contributed by atoms with Gasteiger partial charge in [0.1, 0.15) is 0 Å². The van der Waals surface area contributed by atoms with E-state index in [0.29, 0.717) is 6.54 Å². The van der Waals surface area contributed by atoms with Crippen LogP contribution >= 0.6 is 0 Å². The molecule has 1 aliphatic heterocycles. The van der Waals surface area contributed by atoms with Crippen LogP contribution in [0.1, 0.15) is 6.42 Å². The number of piperidine rings is 1. The van der Waals surface area contributed by atoms with E-state index in [4.69, 9.17) is 5.73 Å². The summed E-state index contributed by atoms with van der Waals surface area (Å²) in [5, 5.41) is 3.10. The second-order valence-corrected chi connectivity index (χ2v) is 2.79. The first kappa shape index (κ1) is 8.49. The van der Waals surface area contributed by atoms with Gasteiger partial charge in [-0.15, -0.1) is 0 Å². The van der Waals surface area contributed by atoms with Crippen molar-refractivity contribution < 1.29 is 9.53 Å². The molecule has 0 saturated carbocycles. The molecule has 1 fully saturated rings. The molecule has 4 heteroatoms. The van der Waals surface area contributed by atoms with Crippen LogP contribution in [0.3, 0.4) is 0 Å². The zero-order chi connectivity index (χ0) is 8.27. The van der Waals surface area contributed by atoms with Crippen molar-refractivity contribution in [2.45, 2.75) is 12.5 Å². The van der Waals surface area contributed by atoms with Crippen molar-refractivity contribution in [3.8, 4) is 0 Å². The average Bonchev–Trinajstić information content (AvgIpc) is 2.04. The Balaban J connectivity index is 2.47. The van der Waals surface area contributed by atoms with Crippen molar-refractivity contribution >= 4 is 5.97 Å². The molecule has 1 rings (SSSR count). The lowest BCUT2D eigenvalue weighted by Gasteiger charge is -2.26. The monoisotopic (exact) mass is 158 g/mol. The summed E-state index contributed by atoms with van der Waals surface area (Å²) >= 11 is 0. The summed E-state index contributed by atoms with van der Waals surface area (Å²) in [6, 6.07) is -0.0382. The Hall–Kier alpha value is -0.610. The lowest BCUT2D eigenvalue weighted by atomic mass is 9.94. The van der Waals surface area contributed by atoms with Gasteiger partial charge in [-0.1, -0.05) is 0 Å². The Morgan fingerprint density at radius 2 is 2.45 bits per heavy atom. The maximum absolute atomic E-state index is 11.0. The third-order valence-corrected chi connectivity index (χ3v) is 2.04. The number of rotatable bonds is 1. The first-order valence-corrected chi connectivity index (χ1v) is 3.80. The summed E-state index contributed by atoms with van der Waals surface area (Å²) in [7, 11) is 1.39. The minimum Gasteiger partial charge on any atom is -0.469 e. The number of nitrogens with two attached hydrogens (primary N) is 1. The molecule has 64 valence electrons. The molecule has 0 bridgehead atoms. The van der Waals surface area contributed by atoms with Gasteiger partial charge in [-0.2, -0.15) is 0 Å². The fourth-order valence-corrected chi connectivity index (χ4v) is 1.29. The van der Waals surface area contributed by atoms with Crippen LogP contribution in [0.2, 0.25) is 0 Å². The first-order valence-electron chi connectivity index (χ1n) is 3.80. The van der Waals surface area contributed by atoms with E-state index in [1.165, 1.54) is 7.11 Å². The van der Waals surface area contributed by atoms with Crippen LogP contribution in [0.5, 0.6) is 0 Å².